The third-order valence-corrected chi connectivity index (χ3v) is 4.29. The van der Waals surface area contributed by atoms with Gasteiger partial charge in [0.05, 0.1) is 4.90 Å². The van der Waals surface area contributed by atoms with Crippen LogP contribution in [-0.4, -0.2) is 15.0 Å². The lowest BCUT2D eigenvalue weighted by Gasteiger charge is -2.10. The van der Waals surface area contributed by atoms with E-state index < -0.39 is 10.0 Å². The summed E-state index contributed by atoms with van der Waals surface area (Å²) in [7, 11) is -3.35. The van der Waals surface area contributed by atoms with E-state index in [1.165, 1.54) is 0 Å². The summed E-state index contributed by atoms with van der Waals surface area (Å²) in [4.78, 5) is 0.381. The van der Waals surface area contributed by atoms with Crippen LogP contribution in [-0.2, 0) is 16.4 Å². The van der Waals surface area contributed by atoms with Gasteiger partial charge in [0, 0.05) is 11.0 Å². The largest absolute Gasteiger partial charge is 0.240 e. The fraction of sp³-hybridized carbons (Fsp3) is 0.455. The molecular weight excluding hydrogens is 290 g/mol. The number of halogens is 1. The van der Waals surface area contributed by atoms with Crippen molar-refractivity contribution in [1.29, 1.82) is 0 Å². The summed E-state index contributed by atoms with van der Waals surface area (Å²) in [5.74, 6) is 0. The van der Waals surface area contributed by atoms with Gasteiger partial charge in [-0.3, -0.25) is 0 Å². The smallest absolute Gasteiger partial charge is 0.211 e. The van der Waals surface area contributed by atoms with E-state index in [0.29, 0.717) is 17.9 Å². The van der Waals surface area contributed by atoms with Crippen LogP contribution in [0.1, 0.15) is 25.8 Å². The lowest BCUT2D eigenvalue weighted by Crippen LogP contribution is -2.25. The van der Waals surface area contributed by atoms with Crippen LogP contribution >= 0.6 is 15.9 Å². The second-order valence-corrected chi connectivity index (χ2v) is 6.15. The van der Waals surface area contributed by atoms with Gasteiger partial charge in [0.25, 0.3) is 0 Å². The zero-order valence-corrected chi connectivity index (χ0v) is 11.9. The highest BCUT2D eigenvalue weighted by atomic mass is 79.9. The third kappa shape index (κ3) is 3.30. The molecule has 0 heterocycles. The van der Waals surface area contributed by atoms with Crippen LogP contribution in [0.25, 0.3) is 0 Å². The monoisotopic (exact) mass is 305 g/mol. The standard InChI is InChI=1S/C11H16BrNO2S/c1-3-7-13-16(14,15)11-6-5-10(12)8-9(11)4-2/h5-6,8,13H,3-4,7H2,1-2H3. The third-order valence-electron chi connectivity index (χ3n) is 2.24. The molecule has 0 aliphatic carbocycles. The maximum Gasteiger partial charge on any atom is 0.240 e. The Morgan fingerprint density at radius 2 is 2.00 bits per heavy atom. The first-order chi connectivity index (χ1) is 7.51. The topological polar surface area (TPSA) is 46.2 Å². The quantitative estimate of drug-likeness (QED) is 0.909. The Labute approximate surface area is 105 Å². The lowest BCUT2D eigenvalue weighted by atomic mass is 10.2. The Morgan fingerprint density at radius 3 is 2.56 bits per heavy atom. The first kappa shape index (κ1) is 13.7. The van der Waals surface area contributed by atoms with Gasteiger partial charge in [0.2, 0.25) is 10.0 Å². The summed E-state index contributed by atoms with van der Waals surface area (Å²) in [6, 6.07) is 5.24. The minimum Gasteiger partial charge on any atom is -0.211 e. The Hall–Kier alpha value is -0.390. The molecule has 0 aromatic heterocycles. The minimum atomic E-state index is -3.35. The fourth-order valence-corrected chi connectivity index (χ4v) is 3.23. The molecule has 0 aliphatic heterocycles. The van der Waals surface area contributed by atoms with Crippen molar-refractivity contribution in [1.82, 2.24) is 4.72 Å². The molecule has 0 spiro atoms. The molecule has 0 saturated heterocycles. The SMILES string of the molecule is CCCNS(=O)(=O)c1ccc(Br)cc1CC. The van der Waals surface area contributed by atoms with E-state index in [2.05, 4.69) is 20.7 Å². The maximum absolute atomic E-state index is 12.0. The zero-order valence-electron chi connectivity index (χ0n) is 9.46. The highest BCUT2D eigenvalue weighted by molar-refractivity contribution is 9.10. The first-order valence-electron chi connectivity index (χ1n) is 5.29. The molecule has 0 radical (unpaired) electrons. The molecule has 1 rings (SSSR count). The summed E-state index contributed by atoms with van der Waals surface area (Å²) in [6.07, 6.45) is 1.49. The number of hydrogen-bond donors (Lipinski definition) is 1. The van der Waals surface area contributed by atoms with Gasteiger partial charge >= 0.3 is 0 Å². The number of nitrogens with one attached hydrogen (secondary N) is 1. The van der Waals surface area contributed by atoms with Gasteiger partial charge in [0.15, 0.2) is 0 Å². The minimum absolute atomic E-state index is 0.381. The average Bonchev–Trinajstić information content (AvgIpc) is 2.26. The van der Waals surface area contributed by atoms with E-state index in [0.717, 1.165) is 16.5 Å². The molecular formula is C11H16BrNO2S. The molecule has 0 saturated carbocycles. The predicted octanol–water partition coefficient (Wildman–Crippen LogP) is 2.70. The van der Waals surface area contributed by atoms with Crippen LogP contribution in [0.15, 0.2) is 27.6 Å². The number of rotatable bonds is 5. The lowest BCUT2D eigenvalue weighted by molar-refractivity contribution is 0.579. The molecule has 16 heavy (non-hydrogen) atoms. The average molecular weight is 306 g/mol. The van der Waals surface area contributed by atoms with Crippen molar-refractivity contribution in [3.8, 4) is 0 Å². The van der Waals surface area contributed by atoms with E-state index in [-0.39, 0.29) is 0 Å². The fourth-order valence-electron chi connectivity index (χ4n) is 1.40. The van der Waals surface area contributed by atoms with Crippen LogP contribution in [0, 0.1) is 0 Å². The Morgan fingerprint density at radius 1 is 1.31 bits per heavy atom. The summed E-state index contributed by atoms with van der Waals surface area (Å²) in [5.41, 5.74) is 0.831. The summed E-state index contributed by atoms with van der Waals surface area (Å²) < 4.78 is 27.4. The highest BCUT2D eigenvalue weighted by Crippen LogP contribution is 2.21. The number of sulfonamides is 1. The molecule has 0 fully saturated rings. The summed E-state index contributed by atoms with van der Waals surface area (Å²) in [5, 5.41) is 0. The van der Waals surface area contributed by atoms with Gasteiger partial charge in [-0.15, -0.1) is 0 Å². The van der Waals surface area contributed by atoms with Crippen LogP contribution in [0.2, 0.25) is 0 Å². The van der Waals surface area contributed by atoms with E-state index in [9.17, 15) is 8.42 Å². The van der Waals surface area contributed by atoms with Crippen molar-refractivity contribution >= 4 is 26.0 Å². The zero-order chi connectivity index (χ0) is 12.2. The molecule has 0 atom stereocenters. The van der Waals surface area contributed by atoms with Crippen LogP contribution in [0.5, 0.6) is 0 Å². The summed E-state index contributed by atoms with van der Waals surface area (Å²) >= 11 is 3.34. The van der Waals surface area contributed by atoms with E-state index in [1.807, 2.05) is 19.9 Å². The normalized spacial score (nSPS) is 11.7. The number of hydrogen-bond acceptors (Lipinski definition) is 2. The molecule has 1 aromatic carbocycles. The molecule has 0 unspecified atom stereocenters. The van der Waals surface area contributed by atoms with E-state index in [1.54, 1.807) is 12.1 Å². The van der Waals surface area contributed by atoms with E-state index in [4.69, 9.17) is 0 Å². The molecule has 5 heteroatoms. The van der Waals surface area contributed by atoms with Gasteiger partial charge in [-0.25, -0.2) is 13.1 Å². The van der Waals surface area contributed by atoms with E-state index >= 15 is 0 Å². The van der Waals surface area contributed by atoms with Crippen molar-refractivity contribution in [3.05, 3.63) is 28.2 Å². The highest BCUT2D eigenvalue weighted by Gasteiger charge is 2.16. The molecule has 1 N–H and O–H groups in total. The maximum atomic E-state index is 12.0. The molecule has 0 aliphatic rings. The second kappa shape index (κ2) is 5.80. The molecule has 0 bridgehead atoms. The molecule has 3 nitrogen and oxygen atoms in total. The van der Waals surface area contributed by atoms with Gasteiger partial charge < -0.3 is 0 Å². The van der Waals surface area contributed by atoms with Crippen molar-refractivity contribution in [2.45, 2.75) is 31.6 Å². The number of aryl methyl sites for hydroxylation is 1. The van der Waals surface area contributed by atoms with Gasteiger partial charge in [-0.2, -0.15) is 0 Å². The predicted molar refractivity (Wildman–Crippen MR) is 69.0 cm³/mol. The van der Waals surface area contributed by atoms with Gasteiger partial charge in [-0.05, 0) is 36.6 Å². The Balaban J connectivity index is 3.12. The molecule has 1 aromatic rings. The van der Waals surface area contributed by atoms with Crippen molar-refractivity contribution in [2.24, 2.45) is 0 Å². The molecule has 90 valence electrons. The van der Waals surface area contributed by atoms with Crippen molar-refractivity contribution < 1.29 is 8.42 Å². The van der Waals surface area contributed by atoms with Crippen molar-refractivity contribution in [3.63, 3.8) is 0 Å². The van der Waals surface area contributed by atoms with Gasteiger partial charge in [-0.1, -0.05) is 29.8 Å². The van der Waals surface area contributed by atoms with Crippen LogP contribution in [0.4, 0.5) is 0 Å². The van der Waals surface area contributed by atoms with Gasteiger partial charge in [0.1, 0.15) is 0 Å². The van der Waals surface area contributed by atoms with Crippen LogP contribution in [0.3, 0.4) is 0 Å². The molecule has 0 amide bonds. The Kier molecular flexibility index (Phi) is 4.95. The Bertz CT molecular complexity index is 457. The second-order valence-electron chi connectivity index (χ2n) is 3.50. The number of benzene rings is 1. The van der Waals surface area contributed by atoms with Crippen molar-refractivity contribution in [2.75, 3.05) is 6.54 Å². The first-order valence-corrected chi connectivity index (χ1v) is 7.57. The van der Waals surface area contributed by atoms with Crippen LogP contribution < -0.4 is 4.72 Å². The summed E-state index contributed by atoms with van der Waals surface area (Å²) in [6.45, 7) is 4.35.